The molecule has 7 heteroatoms. The summed E-state index contributed by atoms with van der Waals surface area (Å²) in [5, 5.41) is 4.55. The third-order valence-corrected chi connectivity index (χ3v) is 3.30. The second kappa shape index (κ2) is 4.61. The average molecular weight is 271 g/mol. The fourth-order valence-corrected chi connectivity index (χ4v) is 2.29. The number of anilines is 1. The molecule has 1 aliphatic heterocycles. The molecule has 4 heterocycles. The molecule has 102 valence electrons. The molecule has 0 aromatic carbocycles. The van der Waals surface area contributed by atoms with Gasteiger partial charge >= 0.3 is 0 Å². The van der Waals surface area contributed by atoms with Crippen LogP contribution in [0, 0.1) is 0 Å². The molecule has 3 aromatic rings. The zero-order valence-electron chi connectivity index (χ0n) is 10.8. The average Bonchev–Trinajstić information content (AvgIpc) is 3.17. The van der Waals surface area contributed by atoms with Crippen LogP contribution in [0.5, 0.6) is 0 Å². The van der Waals surface area contributed by atoms with Crippen LogP contribution in [-0.2, 0) is 4.74 Å². The highest BCUT2D eigenvalue weighted by Crippen LogP contribution is 2.21. The predicted octanol–water partition coefficient (Wildman–Crippen LogP) is 1.22. The third kappa shape index (κ3) is 1.83. The van der Waals surface area contributed by atoms with Gasteiger partial charge in [-0.25, -0.2) is 4.98 Å². The maximum absolute atomic E-state index is 5.43. The third-order valence-electron chi connectivity index (χ3n) is 3.30. The molecular formula is C13H13N5O2. The molecular weight excluding hydrogens is 258 g/mol. The number of rotatable bonds is 2. The number of morpholine rings is 1. The normalized spacial score (nSPS) is 15.9. The molecule has 0 unspecified atom stereocenters. The lowest BCUT2D eigenvalue weighted by Gasteiger charge is -2.25. The van der Waals surface area contributed by atoms with Crippen LogP contribution in [0.1, 0.15) is 0 Å². The van der Waals surface area contributed by atoms with E-state index in [4.69, 9.17) is 9.15 Å². The van der Waals surface area contributed by atoms with Crippen molar-refractivity contribution in [3.63, 3.8) is 0 Å². The molecule has 0 bridgehead atoms. The first-order valence-electron chi connectivity index (χ1n) is 6.50. The Bertz CT molecular complexity index is 716. The van der Waals surface area contributed by atoms with Gasteiger partial charge in [0.2, 0.25) is 5.95 Å². The summed E-state index contributed by atoms with van der Waals surface area (Å²) in [6.07, 6.45) is 3.35. The fourth-order valence-electron chi connectivity index (χ4n) is 2.29. The summed E-state index contributed by atoms with van der Waals surface area (Å²) in [7, 11) is 0. The van der Waals surface area contributed by atoms with Gasteiger partial charge in [0.25, 0.3) is 5.78 Å². The number of aromatic nitrogens is 4. The molecule has 0 N–H and O–H groups in total. The van der Waals surface area contributed by atoms with Crippen molar-refractivity contribution in [2.75, 3.05) is 31.2 Å². The predicted molar refractivity (Wildman–Crippen MR) is 71.5 cm³/mol. The van der Waals surface area contributed by atoms with Crippen molar-refractivity contribution < 1.29 is 9.15 Å². The van der Waals surface area contributed by atoms with Gasteiger partial charge in [0.05, 0.1) is 19.5 Å². The number of nitrogens with zero attached hydrogens (tertiary/aromatic N) is 5. The molecule has 0 saturated carbocycles. The molecule has 7 nitrogen and oxygen atoms in total. The van der Waals surface area contributed by atoms with Gasteiger partial charge in [-0.15, -0.1) is 5.10 Å². The van der Waals surface area contributed by atoms with Crippen LogP contribution in [0.15, 0.2) is 35.1 Å². The first kappa shape index (κ1) is 11.4. The molecule has 0 amide bonds. The van der Waals surface area contributed by atoms with Crippen molar-refractivity contribution >= 4 is 11.7 Å². The molecule has 20 heavy (non-hydrogen) atoms. The Hall–Kier alpha value is -2.41. The van der Waals surface area contributed by atoms with Crippen molar-refractivity contribution in [1.29, 1.82) is 0 Å². The number of fused-ring (bicyclic) bond motifs is 1. The highest BCUT2D eigenvalue weighted by atomic mass is 16.5. The molecule has 0 atom stereocenters. The standard InChI is InChI=1S/C13H13N5O2/c1-2-11(20-7-1)10-3-4-14-12-15-13(16-18(10)12)17-5-8-19-9-6-17/h1-4,7H,5-6,8-9H2. The quantitative estimate of drug-likeness (QED) is 0.698. The van der Waals surface area contributed by atoms with Crippen LogP contribution in [0.2, 0.25) is 0 Å². The summed E-state index contributed by atoms with van der Waals surface area (Å²) in [5.74, 6) is 2.00. The monoisotopic (exact) mass is 271 g/mol. The van der Waals surface area contributed by atoms with E-state index in [2.05, 4.69) is 20.0 Å². The van der Waals surface area contributed by atoms with E-state index < -0.39 is 0 Å². The van der Waals surface area contributed by atoms with Crippen LogP contribution in [0.4, 0.5) is 5.95 Å². The number of hydrogen-bond donors (Lipinski definition) is 0. The lowest BCUT2D eigenvalue weighted by Crippen LogP contribution is -2.36. The van der Waals surface area contributed by atoms with Gasteiger partial charge in [-0.2, -0.15) is 9.50 Å². The maximum Gasteiger partial charge on any atom is 0.254 e. The van der Waals surface area contributed by atoms with E-state index in [0.29, 0.717) is 24.9 Å². The van der Waals surface area contributed by atoms with E-state index in [1.54, 1.807) is 17.0 Å². The van der Waals surface area contributed by atoms with E-state index in [0.717, 1.165) is 24.5 Å². The van der Waals surface area contributed by atoms with E-state index in [1.165, 1.54) is 0 Å². The Kier molecular flexibility index (Phi) is 2.63. The SMILES string of the molecule is c1coc(-c2ccnc3nc(N4CCOCC4)nn23)c1. The van der Waals surface area contributed by atoms with Gasteiger partial charge in [-0.3, -0.25) is 0 Å². The Balaban J connectivity index is 1.81. The van der Waals surface area contributed by atoms with Crippen molar-refractivity contribution in [3.8, 4) is 11.5 Å². The zero-order valence-corrected chi connectivity index (χ0v) is 10.8. The molecule has 1 fully saturated rings. The van der Waals surface area contributed by atoms with E-state index >= 15 is 0 Å². The van der Waals surface area contributed by atoms with Crippen molar-refractivity contribution in [2.45, 2.75) is 0 Å². The molecule has 0 radical (unpaired) electrons. The van der Waals surface area contributed by atoms with Crippen LogP contribution >= 0.6 is 0 Å². The number of furan rings is 1. The molecule has 4 rings (SSSR count). The van der Waals surface area contributed by atoms with E-state index in [1.807, 2.05) is 18.2 Å². The minimum absolute atomic E-state index is 0.570. The largest absolute Gasteiger partial charge is 0.463 e. The van der Waals surface area contributed by atoms with Gasteiger partial charge in [0.15, 0.2) is 5.76 Å². The first-order chi connectivity index (χ1) is 9.92. The molecule has 0 aliphatic carbocycles. The Morgan fingerprint density at radius 3 is 2.85 bits per heavy atom. The van der Waals surface area contributed by atoms with Crippen molar-refractivity contribution in [2.24, 2.45) is 0 Å². The van der Waals surface area contributed by atoms with Gasteiger partial charge in [0.1, 0.15) is 5.69 Å². The maximum atomic E-state index is 5.43. The minimum Gasteiger partial charge on any atom is -0.463 e. The van der Waals surface area contributed by atoms with Gasteiger partial charge in [0, 0.05) is 19.3 Å². The molecule has 3 aromatic heterocycles. The summed E-state index contributed by atoms with van der Waals surface area (Å²) in [6.45, 7) is 3.00. The number of ether oxygens (including phenoxy) is 1. The first-order valence-corrected chi connectivity index (χ1v) is 6.50. The van der Waals surface area contributed by atoms with Crippen LogP contribution in [-0.4, -0.2) is 45.9 Å². The highest BCUT2D eigenvalue weighted by molar-refractivity contribution is 5.56. The fraction of sp³-hybridized carbons (Fsp3) is 0.308. The van der Waals surface area contributed by atoms with Crippen molar-refractivity contribution in [1.82, 2.24) is 19.6 Å². The smallest absolute Gasteiger partial charge is 0.254 e. The van der Waals surface area contributed by atoms with Crippen LogP contribution in [0.25, 0.3) is 17.2 Å². The minimum atomic E-state index is 0.570. The van der Waals surface area contributed by atoms with Gasteiger partial charge in [-0.1, -0.05) is 0 Å². The lowest BCUT2D eigenvalue weighted by atomic mass is 10.3. The van der Waals surface area contributed by atoms with Gasteiger partial charge < -0.3 is 14.1 Å². The Morgan fingerprint density at radius 1 is 1.15 bits per heavy atom. The lowest BCUT2D eigenvalue weighted by molar-refractivity contribution is 0.122. The topological polar surface area (TPSA) is 68.7 Å². The van der Waals surface area contributed by atoms with E-state index in [9.17, 15) is 0 Å². The second-order valence-corrected chi connectivity index (χ2v) is 4.53. The van der Waals surface area contributed by atoms with Crippen LogP contribution < -0.4 is 4.90 Å². The summed E-state index contributed by atoms with van der Waals surface area (Å²) < 4.78 is 12.5. The molecule has 1 aliphatic rings. The molecule has 0 spiro atoms. The second-order valence-electron chi connectivity index (χ2n) is 4.53. The molecule has 1 saturated heterocycles. The Morgan fingerprint density at radius 2 is 2.05 bits per heavy atom. The summed E-state index contributed by atoms with van der Waals surface area (Å²) in [6, 6.07) is 5.61. The van der Waals surface area contributed by atoms with Gasteiger partial charge in [-0.05, 0) is 18.2 Å². The Labute approximate surface area is 114 Å². The summed E-state index contributed by atoms with van der Waals surface area (Å²) in [5.41, 5.74) is 0.840. The van der Waals surface area contributed by atoms with Crippen molar-refractivity contribution in [3.05, 3.63) is 30.7 Å². The summed E-state index contributed by atoms with van der Waals surface area (Å²) in [4.78, 5) is 10.8. The highest BCUT2D eigenvalue weighted by Gasteiger charge is 2.18. The zero-order chi connectivity index (χ0) is 13.4. The van der Waals surface area contributed by atoms with E-state index in [-0.39, 0.29) is 0 Å². The van der Waals surface area contributed by atoms with Crippen LogP contribution in [0.3, 0.4) is 0 Å². The number of hydrogen-bond acceptors (Lipinski definition) is 6. The summed E-state index contributed by atoms with van der Waals surface area (Å²) >= 11 is 0.